The van der Waals surface area contributed by atoms with Gasteiger partial charge in [0.25, 0.3) is 0 Å². The molecule has 1 saturated heterocycles. The van der Waals surface area contributed by atoms with Crippen molar-refractivity contribution in [3.8, 4) is 5.75 Å². The number of sulfonamides is 1. The second-order valence-corrected chi connectivity index (χ2v) is 8.48. The number of aryl methyl sites for hydroxylation is 1. The van der Waals surface area contributed by atoms with Gasteiger partial charge in [0.2, 0.25) is 10.0 Å². The Labute approximate surface area is 155 Å². The van der Waals surface area contributed by atoms with Crippen LogP contribution in [0.4, 0.5) is 0 Å². The zero-order chi connectivity index (χ0) is 18.6. The van der Waals surface area contributed by atoms with Gasteiger partial charge < -0.3 is 9.47 Å². The molecular weight excluding hydrogens is 350 g/mol. The molecule has 26 heavy (non-hydrogen) atoms. The third-order valence-corrected chi connectivity index (χ3v) is 6.64. The van der Waals surface area contributed by atoms with Crippen LogP contribution in [0, 0.1) is 6.92 Å². The maximum atomic E-state index is 12.7. The number of para-hydroxylation sites is 1. The number of hydrogen-bond donors (Lipinski definition) is 0. The van der Waals surface area contributed by atoms with E-state index >= 15 is 0 Å². The van der Waals surface area contributed by atoms with E-state index in [2.05, 4.69) is 0 Å². The van der Waals surface area contributed by atoms with Crippen LogP contribution in [0.3, 0.4) is 0 Å². The van der Waals surface area contributed by atoms with E-state index in [9.17, 15) is 8.42 Å². The number of ether oxygens (including phenoxy) is 2. The molecule has 0 radical (unpaired) electrons. The average molecular weight is 375 g/mol. The van der Waals surface area contributed by atoms with Gasteiger partial charge in [0.1, 0.15) is 5.75 Å². The van der Waals surface area contributed by atoms with Gasteiger partial charge in [-0.15, -0.1) is 0 Å². The summed E-state index contributed by atoms with van der Waals surface area (Å²) < 4.78 is 38.4. The Morgan fingerprint density at radius 3 is 2.35 bits per heavy atom. The Balaban J connectivity index is 1.56. The van der Waals surface area contributed by atoms with Crippen LogP contribution in [0.1, 0.15) is 24.0 Å². The van der Waals surface area contributed by atoms with E-state index < -0.39 is 10.0 Å². The molecule has 140 valence electrons. The second kappa shape index (κ2) is 8.20. The van der Waals surface area contributed by atoms with Crippen molar-refractivity contribution in [3.63, 3.8) is 0 Å². The summed E-state index contributed by atoms with van der Waals surface area (Å²) in [6.45, 7) is 3.37. The van der Waals surface area contributed by atoms with Gasteiger partial charge in [-0.2, -0.15) is 4.31 Å². The monoisotopic (exact) mass is 375 g/mol. The van der Waals surface area contributed by atoms with E-state index in [1.807, 2.05) is 43.3 Å². The van der Waals surface area contributed by atoms with E-state index in [0.29, 0.717) is 37.4 Å². The third-order valence-electron chi connectivity index (χ3n) is 4.73. The minimum atomic E-state index is -3.42. The molecular formula is C20H25NO4S. The van der Waals surface area contributed by atoms with Crippen molar-refractivity contribution in [2.75, 3.05) is 20.2 Å². The van der Waals surface area contributed by atoms with Crippen LogP contribution in [-0.4, -0.2) is 39.0 Å². The topological polar surface area (TPSA) is 55.8 Å². The molecule has 6 heteroatoms. The van der Waals surface area contributed by atoms with Crippen LogP contribution in [0.15, 0.2) is 53.4 Å². The van der Waals surface area contributed by atoms with Crippen molar-refractivity contribution < 1.29 is 17.9 Å². The number of piperidine rings is 1. The Hall–Kier alpha value is -1.89. The van der Waals surface area contributed by atoms with Crippen molar-refractivity contribution >= 4 is 10.0 Å². The largest absolute Gasteiger partial charge is 0.496 e. The lowest BCUT2D eigenvalue weighted by atomic mass is 10.1. The Kier molecular flexibility index (Phi) is 5.96. The van der Waals surface area contributed by atoms with E-state index in [4.69, 9.17) is 9.47 Å². The molecule has 1 fully saturated rings. The molecule has 1 aliphatic rings. The van der Waals surface area contributed by atoms with Gasteiger partial charge in [0.15, 0.2) is 0 Å². The summed E-state index contributed by atoms with van der Waals surface area (Å²) in [5.74, 6) is 0.812. The normalized spacial score (nSPS) is 16.5. The molecule has 2 aromatic rings. The van der Waals surface area contributed by atoms with Crippen LogP contribution in [0.5, 0.6) is 5.75 Å². The molecule has 0 atom stereocenters. The number of nitrogens with zero attached hydrogens (tertiary/aromatic N) is 1. The summed E-state index contributed by atoms with van der Waals surface area (Å²) in [6, 6.07) is 14.8. The minimum Gasteiger partial charge on any atom is -0.496 e. The van der Waals surface area contributed by atoms with Gasteiger partial charge in [-0.3, -0.25) is 0 Å². The number of benzene rings is 2. The third kappa shape index (κ3) is 4.26. The SMILES string of the molecule is COc1ccccc1COC1CCN(S(=O)(=O)c2ccc(C)cc2)CC1. The van der Waals surface area contributed by atoms with Crippen molar-refractivity contribution in [1.29, 1.82) is 0 Å². The van der Waals surface area contributed by atoms with E-state index in [0.717, 1.165) is 16.9 Å². The van der Waals surface area contributed by atoms with Crippen LogP contribution >= 0.6 is 0 Å². The smallest absolute Gasteiger partial charge is 0.243 e. The van der Waals surface area contributed by atoms with E-state index in [1.54, 1.807) is 23.5 Å². The molecule has 0 spiro atoms. The zero-order valence-electron chi connectivity index (χ0n) is 15.2. The minimum absolute atomic E-state index is 0.0596. The molecule has 0 N–H and O–H groups in total. The quantitative estimate of drug-likeness (QED) is 0.777. The fourth-order valence-electron chi connectivity index (χ4n) is 3.13. The summed E-state index contributed by atoms with van der Waals surface area (Å²) in [5.41, 5.74) is 2.05. The number of rotatable bonds is 6. The van der Waals surface area contributed by atoms with Gasteiger partial charge in [-0.05, 0) is 38.0 Å². The highest BCUT2D eigenvalue weighted by Gasteiger charge is 2.29. The highest BCUT2D eigenvalue weighted by molar-refractivity contribution is 7.89. The predicted molar refractivity (Wildman–Crippen MR) is 101 cm³/mol. The van der Waals surface area contributed by atoms with Crippen LogP contribution < -0.4 is 4.74 Å². The highest BCUT2D eigenvalue weighted by Crippen LogP contribution is 2.24. The molecule has 0 saturated carbocycles. The van der Waals surface area contributed by atoms with Crippen molar-refractivity contribution in [2.45, 2.75) is 37.4 Å². The van der Waals surface area contributed by atoms with Crippen molar-refractivity contribution in [1.82, 2.24) is 4.31 Å². The number of methoxy groups -OCH3 is 1. The van der Waals surface area contributed by atoms with Gasteiger partial charge >= 0.3 is 0 Å². The molecule has 0 aromatic heterocycles. The predicted octanol–water partition coefficient (Wildman–Crippen LogP) is 3.37. The fourth-order valence-corrected chi connectivity index (χ4v) is 4.60. The van der Waals surface area contributed by atoms with Crippen LogP contribution in [0.25, 0.3) is 0 Å². The van der Waals surface area contributed by atoms with E-state index in [-0.39, 0.29) is 6.10 Å². The van der Waals surface area contributed by atoms with Crippen molar-refractivity contribution in [3.05, 3.63) is 59.7 Å². The molecule has 2 aromatic carbocycles. The first-order valence-electron chi connectivity index (χ1n) is 8.81. The maximum Gasteiger partial charge on any atom is 0.243 e. The fraction of sp³-hybridized carbons (Fsp3) is 0.400. The molecule has 0 unspecified atom stereocenters. The first-order valence-corrected chi connectivity index (χ1v) is 10.2. The van der Waals surface area contributed by atoms with Gasteiger partial charge in [-0.25, -0.2) is 8.42 Å². The summed E-state index contributed by atoms with van der Waals surface area (Å²) in [7, 11) is -1.78. The maximum absolute atomic E-state index is 12.7. The molecule has 0 aliphatic carbocycles. The molecule has 5 nitrogen and oxygen atoms in total. The van der Waals surface area contributed by atoms with Gasteiger partial charge in [0, 0.05) is 18.7 Å². The lowest BCUT2D eigenvalue weighted by Gasteiger charge is -2.31. The first kappa shape index (κ1) is 18.9. The van der Waals surface area contributed by atoms with Crippen LogP contribution in [-0.2, 0) is 21.4 Å². The lowest BCUT2D eigenvalue weighted by molar-refractivity contribution is 0.00944. The van der Waals surface area contributed by atoms with Gasteiger partial charge in [-0.1, -0.05) is 35.9 Å². The number of hydrogen-bond acceptors (Lipinski definition) is 4. The molecule has 3 rings (SSSR count). The van der Waals surface area contributed by atoms with Gasteiger partial charge in [0.05, 0.1) is 24.7 Å². The zero-order valence-corrected chi connectivity index (χ0v) is 16.0. The standard InChI is InChI=1S/C20H25NO4S/c1-16-7-9-19(10-8-16)26(22,23)21-13-11-18(12-14-21)25-15-17-5-3-4-6-20(17)24-2/h3-10,18H,11-15H2,1-2H3. The van der Waals surface area contributed by atoms with E-state index in [1.165, 1.54) is 0 Å². The first-order chi connectivity index (χ1) is 12.5. The summed E-state index contributed by atoms with van der Waals surface area (Å²) in [6.07, 6.45) is 1.45. The molecule has 0 amide bonds. The van der Waals surface area contributed by atoms with Crippen LogP contribution in [0.2, 0.25) is 0 Å². The Morgan fingerprint density at radius 2 is 1.69 bits per heavy atom. The second-order valence-electron chi connectivity index (χ2n) is 6.54. The summed E-state index contributed by atoms with van der Waals surface area (Å²) in [5, 5.41) is 0. The Morgan fingerprint density at radius 1 is 1.04 bits per heavy atom. The van der Waals surface area contributed by atoms with Crippen molar-refractivity contribution in [2.24, 2.45) is 0 Å². The average Bonchev–Trinajstić information content (AvgIpc) is 2.67. The molecule has 1 heterocycles. The highest BCUT2D eigenvalue weighted by atomic mass is 32.2. The molecule has 1 aliphatic heterocycles. The lowest BCUT2D eigenvalue weighted by Crippen LogP contribution is -2.40. The summed E-state index contributed by atoms with van der Waals surface area (Å²) >= 11 is 0. The summed E-state index contributed by atoms with van der Waals surface area (Å²) in [4.78, 5) is 0.358. The molecule has 0 bridgehead atoms. The Bertz CT molecular complexity index is 825.